The maximum absolute atomic E-state index is 12.0. The van der Waals surface area contributed by atoms with Gasteiger partial charge >= 0.3 is 5.97 Å². The summed E-state index contributed by atoms with van der Waals surface area (Å²) in [5.41, 5.74) is 9.56. The van der Waals surface area contributed by atoms with Gasteiger partial charge in [0.25, 0.3) is 5.71 Å². The minimum absolute atomic E-state index is 0.189. The van der Waals surface area contributed by atoms with Crippen molar-refractivity contribution in [3.8, 4) is 11.5 Å². The standard InChI is InChI=1S/C20H21N7O4/c1-22-17-14-16(27(2)9-24-14)15-20(26-17)31-19(25-15)11-5-3-4-10(6-11)8-23-18(30)12(21)7-13(28)29/h3-6,9,12H,7-8,21H2,1-2H3,(H,22,26)(H,23,30)(H,28,29). The van der Waals surface area contributed by atoms with Crippen molar-refractivity contribution >= 4 is 40.0 Å². The van der Waals surface area contributed by atoms with Gasteiger partial charge in [0, 0.05) is 26.2 Å². The highest BCUT2D eigenvalue weighted by atomic mass is 16.4. The fourth-order valence-corrected chi connectivity index (χ4v) is 3.29. The van der Waals surface area contributed by atoms with Crippen molar-refractivity contribution in [1.29, 1.82) is 0 Å². The lowest BCUT2D eigenvalue weighted by molar-refractivity contribution is -0.139. The van der Waals surface area contributed by atoms with Crippen LogP contribution >= 0.6 is 0 Å². The second-order valence-corrected chi connectivity index (χ2v) is 7.06. The molecule has 4 aromatic rings. The summed E-state index contributed by atoms with van der Waals surface area (Å²) in [5, 5.41) is 14.4. The van der Waals surface area contributed by atoms with Crippen molar-refractivity contribution in [3.05, 3.63) is 36.2 Å². The monoisotopic (exact) mass is 423 g/mol. The molecule has 1 aromatic carbocycles. The molecule has 31 heavy (non-hydrogen) atoms. The number of oxazole rings is 1. The minimum atomic E-state index is -1.13. The lowest BCUT2D eigenvalue weighted by Crippen LogP contribution is -2.41. The molecule has 3 heterocycles. The van der Waals surface area contributed by atoms with Gasteiger partial charge in [-0.2, -0.15) is 4.98 Å². The maximum Gasteiger partial charge on any atom is 0.305 e. The fourth-order valence-electron chi connectivity index (χ4n) is 3.29. The largest absolute Gasteiger partial charge is 0.481 e. The number of aromatic nitrogens is 4. The van der Waals surface area contributed by atoms with Crippen LogP contribution in [-0.4, -0.2) is 49.6 Å². The van der Waals surface area contributed by atoms with E-state index in [-0.39, 0.29) is 6.54 Å². The van der Waals surface area contributed by atoms with Crippen LogP contribution in [0, 0.1) is 0 Å². The predicted molar refractivity (Wildman–Crippen MR) is 113 cm³/mol. The van der Waals surface area contributed by atoms with Crippen LogP contribution in [0.5, 0.6) is 0 Å². The highest BCUT2D eigenvalue weighted by Gasteiger charge is 2.19. The van der Waals surface area contributed by atoms with Gasteiger partial charge in [-0.3, -0.25) is 9.59 Å². The molecular weight excluding hydrogens is 402 g/mol. The number of carboxylic acid groups (broad SMARTS) is 1. The van der Waals surface area contributed by atoms with Crippen LogP contribution in [-0.2, 0) is 23.2 Å². The molecule has 0 radical (unpaired) electrons. The summed E-state index contributed by atoms with van der Waals surface area (Å²) < 4.78 is 7.78. The second kappa shape index (κ2) is 8.03. The molecule has 0 saturated carbocycles. The Kier molecular flexibility index (Phi) is 5.26. The average molecular weight is 423 g/mol. The number of imidazole rings is 1. The number of pyridine rings is 1. The Hall–Kier alpha value is -3.99. The summed E-state index contributed by atoms with van der Waals surface area (Å²) >= 11 is 0. The molecule has 5 N–H and O–H groups in total. The van der Waals surface area contributed by atoms with Crippen molar-refractivity contribution in [2.45, 2.75) is 19.0 Å². The number of aliphatic carboxylic acids is 1. The molecule has 0 spiro atoms. The van der Waals surface area contributed by atoms with Gasteiger partial charge in [0.15, 0.2) is 11.3 Å². The molecule has 160 valence electrons. The number of hydrogen-bond acceptors (Lipinski definition) is 8. The molecule has 4 rings (SSSR count). The number of fused-ring (bicyclic) bond motifs is 3. The maximum atomic E-state index is 12.0. The minimum Gasteiger partial charge on any atom is -0.481 e. The molecule has 1 unspecified atom stereocenters. The van der Waals surface area contributed by atoms with E-state index >= 15 is 0 Å². The molecule has 0 fully saturated rings. The average Bonchev–Trinajstić information content (AvgIpc) is 3.34. The summed E-state index contributed by atoms with van der Waals surface area (Å²) in [7, 11) is 3.64. The normalized spacial score (nSPS) is 12.2. The quantitative estimate of drug-likeness (QED) is 0.343. The van der Waals surface area contributed by atoms with Crippen molar-refractivity contribution in [2.24, 2.45) is 12.8 Å². The number of nitrogens with one attached hydrogen (secondary N) is 2. The molecule has 0 aliphatic carbocycles. The molecule has 11 nitrogen and oxygen atoms in total. The molecule has 0 saturated heterocycles. The van der Waals surface area contributed by atoms with E-state index < -0.39 is 24.3 Å². The highest BCUT2D eigenvalue weighted by molar-refractivity contribution is 6.03. The molecular formula is C20H21N7O4. The van der Waals surface area contributed by atoms with E-state index in [4.69, 9.17) is 15.3 Å². The third kappa shape index (κ3) is 3.90. The molecule has 1 amide bonds. The molecule has 1 atom stereocenters. The van der Waals surface area contributed by atoms with Gasteiger partial charge in [0.1, 0.15) is 11.0 Å². The van der Waals surface area contributed by atoms with Crippen LogP contribution in [0.1, 0.15) is 12.0 Å². The third-order valence-electron chi connectivity index (χ3n) is 4.82. The van der Waals surface area contributed by atoms with Crippen LogP contribution in [0.25, 0.3) is 33.7 Å². The van der Waals surface area contributed by atoms with Crippen molar-refractivity contribution < 1.29 is 19.1 Å². The van der Waals surface area contributed by atoms with Crippen molar-refractivity contribution in [3.63, 3.8) is 0 Å². The van der Waals surface area contributed by atoms with E-state index in [0.29, 0.717) is 34.0 Å². The summed E-state index contributed by atoms with van der Waals surface area (Å²) in [6.07, 6.45) is 1.26. The molecule has 0 aliphatic heterocycles. The highest BCUT2D eigenvalue weighted by Crippen LogP contribution is 2.31. The summed E-state index contributed by atoms with van der Waals surface area (Å²) in [6.45, 7) is 0.189. The van der Waals surface area contributed by atoms with Gasteiger partial charge in [-0.1, -0.05) is 12.1 Å². The first-order valence-electron chi connectivity index (χ1n) is 9.51. The van der Waals surface area contributed by atoms with E-state index in [2.05, 4.69) is 25.6 Å². The second-order valence-electron chi connectivity index (χ2n) is 7.06. The first-order valence-corrected chi connectivity index (χ1v) is 9.51. The van der Waals surface area contributed by atoms with Gasteiger partial charge < -0.3 is 30.5 Å². The first-order chi connectivity index (χ1) is 14.9. The Bertz CT molecular complexity index is 1290. The first kappa shape index (κ1) is 20.3. The van der Waals surface area contributed by atoms with E-state index in [1.807, 2.05) is 35.9 Å². The molecule has 0 aliphatic rings. The topological polar surface area (TPSA) is 161 Å². The van der Waals surface area contributed by atoms with Crippen LogP contribution in [0.4, 0.5) is 5.82 Å². The SMILES string of the molecule is CNc1nc2oc(-c3cccc(CNC(=O)C(N)CC(=O)O)c3)nc2c2c1ncn2C. The lowest BCUT2D eigenvalue weighted by Gasteiger charge is -2.10. The number of amides is 1. The number of carbonyl (C=O) groups is 2. The molecule has 3 aromatic heterocycles. The molecule has 11 heteroatoms. The Labute approximate surface area is 176 Å². The van der Waals surface area contributed by atoms with Gasteiger partial charge in [0.05, 0.1) is 18.8 Å². The van der Waals surface area contributed by atoms with Gasteiger partial charge in [-0.25, -0.2) is 9.97 Å². The van der Waals surface area contributed by atoms with Crippen LogP contribution in [0.15, 0.2) is 35.0 Å². The number of carboxylic acids is 1. The molecule has 0 bridgehead atoms. The predicted octanol–water partition coefficient (Wildman–Crippen LogP) is 1.24. The number of hydrogen-bond donors (Lipinski definition) is 4. The fraction of sp³-hybridized carbons (Fsp3) is 0.250. The van der Waals surface area contributed by atoms with Crippen LogP contribution in [0.2, 0.25) is 0 Å². The van der Waals surface area contributed by atoms with Gasteiger partial charge in [0.2, 0.25) is 11.8 Å². The van der Waals surface area contributed by atoms with Crippen molar-refractivity contribution in [2.75, 3.05) is 12.4 Å². The number of rotatable bonds is 7. The number of benzene rings is 1. The Morgan fingerprint density at radius 3 is 2.84 bits per heavy atom. The number of nitrogens with two attached hydrogens (primary N) is 1. The number of carbonyl (C=O) groups excluding carboxylic acids is 1. The van der Waals surface area contributed by atoms with Gasteiger partial charge in [-0.15, -0.1) is 0 Å². The summed E-state index contributed by atoms with van der Waals surface area (Å²) in [6, 6.07) is 6.20. The number of anilines is 1. The lowest BCUT2D eigenvalue weighted by atomic mass is 10.1. The Morgan fingerprint density at radius 2 is 2.10 bits per heavy atom. The number of nitrogens with zero attached hydrogens (tertiary/aromatic N) is 4. The summed E-state index contributed by atoms with van der Waals surface area (Å²) in [5.74, 6) is -0.677. The van der Waals surface area contributed by atoms with Crippen LogP contribution in [0.3, 0.4) is 0 Å². The zero-order valence-corrected chi connectivity index (χ0v) is 16.9. The Balaban J connectivity index is 1.62. The van der Waals surface area contributed by atoms with Crippen molar-refractivity contribution in [1.82, 2.24) is 24.8 Å². The summed E-state index contributed by atoms with van der Waals surface area (Å²) in [4.78, 5) is 36.1. The van der Waals surface area contributed by atoms with E-state index in [1.54, 1.807) is 13.4 Å². The van der Waals surface area contributed by atoms with E-state index in [1.165, 1.54) is 0 Å². The zero-order valence-electron chi connectivity index (χ0n) is 16.9. The van der Waals surface area contributed by atoms with E-state index in [0.717, 1.165) is 11.1 Å². The smallest absolute Gasteiger partial charge is 0.305 e. The number of aryl methyl sites for hydroxylation is 1. The van der Waals surface area contributed by atoms with E-state index in [9.17, 15) is 9.59 Å². The van der Waals surface area contributed by atoms with Crippen LogP contribution < -0.4 is 16.4 Å². The third-order valence-corrected chi connectivity index (χ3v) is 4.82. The van der Waals surface area contributed by atoms with Gasteiger partial charge in [-0.05, 0) is 17.7 Å². The zero-order chi connectivity index (χ0) is 22.1. The Morgan fingerprint density at radius 1 is 1.29 bits per heavy atom.